The lowest BCUT2D eigenvalue weighted by Gasteiger charge is -2.41. The highest BCUT2D eigenvalue weighted by atomic mass is 16.5. The largest absolute Gasteiger partial charge is 0.496 e. The minimum absolute atomic E-state index is 0.0824. The van der Waals surface area contributed by atoms with Crippen LogP contribution in [0.25, 0.3) is 0 Å². The first kappa shape index (κ1) is 29.3. The SMILES string of the molecule is C=CCOC(=O)[C@]1(c2ccccc2)CC[C@@H](C(=O)N2CCCC(CC(=O)c3ccccc3OC)CC2)c2ccccc21. The van der Waals surface area contributed by atoms with Gasteiger partial charge in [0.15, 0.2) is 5.78 Å². The number of rotatable bonds is 9. The van der Waals surface area contributed by atoms with Gasteiger partial charge < -0.3 is 14.4 Å². The number of nitrogens with zero attached hydrogens (tertiary/aromatic N) is 1. The number of likely N-dealkylation sites (tertiary alicyclic amines) is 1. The number of hydrogen-bond acceptors (Lipinski definition) is 5. The Morgan fingerprint density at radius 3 is 2.45 bits per heavy atom. The fourth-order valence-corrected chi connectivity index (χ4v) is 6.76. The van der Waals surface area contributed by atoms with Crippen molar-refractivity contribution in [2.75, 3.05) is 26.8 Å². The van der Waals surface area contributed by atoms with E-state index in [1.165, 1.54) is 0 Å². The molecule has 1 aliphatic carbocycles. The third kappa shape index (κ3) is 5.76. The van der Waals surface area contributed by atoms with E-state index in [-0.39, 0.29) is 36.1 Å². The molecular weight excluding hydrogens is 526 g/mol. The molecule has 1 fully saturated rings. The van der Waals surface area contributed by atoms with Gasteiger partial charge in [-0.1, -0.05) is 79.4 Å². The molecule has 1 aliphatic heterocycles. The van der Waals surface area contributed by atoms with E-state index < -0.39 is 5.41 Å². The zero-order chi connectivity index (χ0) is 29.5. The molecule has 2 aliphatic rings. The van der Waals surface area contributed by atoms with E-state index in [2.05, 4.69) is 6.58 Å². The average molecular weight is 566 g/mol. The molecule has 6 nitrogen and oxygen atoms in total. The van der Waals surface area contributed by atoms with Crippen LogP contribution in [0.15, 0.2) is 91.5 Å². The summed E-state index contributed by atoms with van der Waals surface area (Å²) < 4.78 is 11.1. The highest BCUT2D eigenvalue weighted by molar-refractivity contribution is 5.98. The maximum atomic E-state index is 14.1. The second-order valence-corrected chi connectivity index (χ2v) is 11.3. The number of amides is 1. The molecule has 5 rings (SSSR count). The summed E-state index contributed by atoms with van der Waals surface area (Å²) in [4.78, 5) is 42.9. The van der Waals surface area contributed by atoms with Gasteiger partial charge in [-0.3, -0.25) is 14.4 Å². The number of carbonyl (C=O) groups excluding carboxylic acids is 3. The Morgan fingerprint density at radius 1 is 0.929 bits per heavy atom. The first-order chi connectivity index (χ1) is 20.5. The second-order valence-electron chi connectivity index (χ2n) is 11.3. The zero-order valence-corrected chi connectivity index (χ0v) is 24.3. The molecule has 1 unspecified atom stereocenters. The zero-order valence-electron chi connectivity index (χ0n) is 24.3. The Labute approximate surface area is 248 Å². The molecule has 0 bridgehead atoms. The van der Waals surface area contributed by atoms with Gasteiger partial charge in [-0.05, 0) is 66.8 Å². The minimum atomic E-state index is -0.986. The van der Waals surface area contributed by atoms with Crippen LogP contribution in [0.3, 0.4) is 0 Å². The van der Waals surface area contributed by atoms with Gasteiger partial charge in [0, 0.05) is 19.5 Å². The molecule has 3 aromatic rings. The molecule has 0 radical (unpaired) electrons. The van der Waals surface area contributed by atoms with Crippen LogP contribution < -0.4 is 4.74 Å². The van der Waals surface area contributed by atoms with Crippen molar-refractivity contribution in [3.05, 3.63) is 114 Å². The third-order valence-electron chi connectivity index (χ3n) is 8.89. The average Bonchev–Trinajstić information content (AvgIpc) is 3.28. The number of carbonyl (C=O) groups is 3. The lowest BCUT2D eigenvalue weighted by Crippen LogP contribution is -2.45. The first-order valence-corrected chi connectivity index (χ1v) is 14.9. The van der Waals surface area contributed by atoms with Gasteiger partial charge in [0.2, 0.25) is 5.91 Å². The van der Waals surface area contributed by atoms with Crippen LogP contribution in [0.5, 0.6) is 5.75 Å². The Kier molecular flexibility index (Phi) is 9.21. The summed E-state index contributed by atoms with van der Waals surface area (Å²) in [7, 11) is 1.58. The van der Waals surface area contributed by atoms with Crippen molar-refractivity contribution in [1.29, 1.82) is 0 Å². The van der Waals surface area contributed by atoms with Gasteiger partial charge in [-0.2, -0.15) is 0 Å². The number of methoxy groups -OCH3 is 1. The Balaban J connectivity index is 1.35. The van der Waals surface area contributed by atoms with Crippen molar-refractivity contribution in [2.45, 2.75) is 49.9 Å². The molecule has 0 spiro atoms. The van der Waals surface area contributed by atoms with Crippen LogP contribution in [-0.2, 0) is 19.7 Å². The van der Waals surface area contributed by atoms with Gasteiger partial charge in [0.25, 0.3) is 0 Å². The summed E-state index contributed by atoms with van der Waals surface area (Å²) in [5, 5.41) is 0. The number of para-hydroxylation sites is 1. The van der Waals surface area contributed by atoms with E-state index in [0.717, 1.165) is 36.0 Å². The van der Waals surface area contributed by atoms with Crippen molar-refractivity contribution >= 4 is 17.7 Å². The molecule has 3 aromatic carbocycles. The smallest absolute Gasteiger partial charge is 0.321 e. The van der Waals surface area contributed by atoms with Crippen LogP contribution in [0.2, 0.25) is 0 Å². The topological polar surface area (TPSA) is 72.9 Å². The summed E-state index contributed by atoms with van der Waals surface area (Å²) in [6.07, 6.45) is 5.58. The second kappa shape index (κ2) is 13.2. The molecule has 6 heteroatoms. The van der Waals surface area contributed by atoms with Crippen molar-refractivity contribution in [3.8, 4) is 5.75 Å². The summed E-state index contributed by atoms with van der Waals surface area (Å²) >= 11 is 0. The van der Waals surface area contributed by atoms with Crippen molar-refractivity contribution in [3.63, 3.8) is 0 Å². The summed E-state index contributed by atoms with van der Waals surface area (Å²) in [6, 6.07) is 24.9. The quantitative estimate of drug-likeness (QED) is 0.169. The summed E-state index contributed by atoms with van der Waals surface area (Å²) in [6.45, 7) is 5.12. The molecule has 1 saturated heterocycles. The maximum Gasteiger partial charge on any atom is 0.321 e. The third-order valence-corrected chi connectivity index (χ3v) is 8.89. The van der Waals surface area contributed by atoms with E-state index in [1.54, 1.807) is 13.2 Å². The summed E-state index contributed by atoms with van der Waals surface area (Å²) in [5.74, 6) is 0.341. The Morgan fingerprint density at radius 2 is 1.67 bits per heavy atom. The molecule has 42 heavy (non-hydrogen) atoms. The summed E-state index contributed by atoms with van der Waals surface area (Å²) in [5.41, 5.74) is 2.23. The predicted octanol–water partition coefficient (Wildman–Crippen LogP) is 6.49. The highest BCUT2D eigenvalue weighted by Crippen LogP contribution is 2.48. The number of Topliss-reactive ketones (excluding diaryl/α,β-unsaturated/α-hetero) is 1. The number of ketones is 1. The number of fused-ring (bicyclic) bond motifs is 1. The normalized spacial score (nSPS) is 21.9. The molecule has 0 aromatic heterocycles. The van der Waals surface area contributed by atoms with Crippen LogP contribution in [0.1, 0.15) is 71.5 Å². The first-order valence-electron chi connectivity index (χ1n) is 14.9. The molecule has 0 N–H and O–H groups in total. The monoisotopic (exact) mass is 565 g/mol. The highest BCUT2D eigenvalue weighted by Gasteiger charge is 2.50. The van der Waals surface area contributed by atoms with Gasteiger partial charge in [-0.25, -0.2) is 0 Å². The standard InChI is InChI=1S/C36H39NO5/c1-3-24-42-35(40)36(27-13-5-4-6-14-27)21-19-29(28-15-7-9-17-31(28)36)34(39)37-22-11-12-26(20-23-37)25-32(38)30-16-8-10-18-33(30)41-2/h3-10,13-18,26,29H,1,11-12,19-25H2,2H3/t26?,29-,36+/m1/s1. The van der Waals surface area contributed by atoms with Crippen LogP contribution in [0.4, 0.5) is 0 Å². The van der Waals surface area contributed by atoms with Gasteiger partial charge in [0.1, 0.15) is 17.8 Å². The van der Waals surface area contributed by atoms with E-state index in [0.29, 0.717) is 43.7 Å². The molecule has 3 atom stereocenters. The Hall–Kier alpha value is -4.19. The molecule has 1 heterocycles. The fraction of sp³-hybridized carbons (Fsp3) is 0.361. The minimum Gasteiger partial charge on any atom is -0.496 e. The van der Waals surface area contributed by atoms with E-state index >= 15 is 0 Å². The molecule has 1 amide bonds. The van der Waals surface area contributed by atoms with Crippen LogP contribution in [0, 0.1) is 5.92 Å². The molecular formula is C36H39NO5. The van der Waals surface area contributed by atoms with E-state index in [9.17, 15) is 14.4 Å². The fourth-order valence-electron chi connectivity index (χ4n) is 6.76. The van der Waals surface area contributed by atoms with Crippen molar-refractivity contribution in [1.82, 2.24) is 4.90 Å². The maximum absolute atomic E-state index is 14.1. The number of benzene rings is 3. The predicted molar refractivity (Wildman–Crippen MR) is 163 cm³/mol. The molecule has 218 valence electrons. The lowest BCUT2D eigenvalue weighted by molar-refractivity contribution is -0.149. The Bertz CT molecular complexity index is 1430. The number of hydrogen-bond donors (Lipinski definition) is 0. The van der Waals surface area contributed by atoms with Crippen LogP contribution >= 0.6 is 0 Å². The van der Waals surface area contributed by atoms with Crippen molar-refractivity contribution < 1.29 is 23.9 Å². The van der Waals surface area contributed by atoms with E-state index in [4.69, 9.17) is 9.47 Å². The lowest BCUT2D eigenvalue weighted by atomic mass is 9.63. The van der Waals surface area contributed by atoms with Gasteiger partial charge >= 0.3 is 5.97 Å². The number of esters is 1. The van der Waals surface area contributed by atoms with Gasteiger partial charge in [-0.15, -0.1) is 0 Å². The van der Waals surface area contributed by atoms with Gasteiger partial charge in [0.05, 0.1) is 18.6 Å². The van der Waals surface area contributed by atoms with E-state index in [1.807, 2.05) is 83.8 Å². The van der Waals surface area contributed by atoms with Crippen LogP contribution in [-0.4, -0.2) is 49.4 Å². The van der Waals surface area contributed by atoms with Crippen molar-refractivity contribution in [2.24, 2.45) is 5.92 Å². The molecule has 0 saturated carbocycles. The number of ether oxygens (including phenoxy) is 2.